The van der Waals surface area contributed by atoms with Gasteiger partial charge in [0.25, 0.3) is 0 Å². The van der Waals surface area contributed by atoms with E-state index in [0.29, 0.717) is 18.5 Å². The number of hydrogen-bond donors (Lipinski definition) is 2. The summed E-state index contributed by atoms with van der Waals surface area (Å²) < 4.78 is 0. The van der Waals surface area contributed by atoms with Gasteiger partial charge in [-0.25, -0.2) is 0 Å². The summed E-state index contributed by atoms with van der Waals surface area (Å²) in [5, 5.41) is 11.8. The maximum atomic E-state index is 11.3. The summed E-state index contributed by atoms with van der Waals surface area (Å²) in [5.41, 5.74) is 6.31. The number of primary amides is 1. The highest BCUT2D eigenvalue weighted by Crippen LogP contribution is 2.10. The molecule has 4 nitrogen and oxygen atoms in total. The first-order chi connectivity index (χ1) is 8.01. The first-order valence-electron chi connectivity index (χ1n) is 5.56. The van der Waals surface area contributed by atoms with Crippen molar-refractivity contribution >= 4 is 5.91 Å². The minimum absolute atomic E-state index is 0.353. The van der Waals surface area contributed by atoms with Crippen LogP contribution in [0, 0.1) is 11.3 Å². The molecule has 17 heavy (non-hydrogen) atoms. The number of carbonyl (C=O) groups excluding carboxylic acids is 1. The smallest absolute Gasteiger partial charge is 0.237 e. The van der Waals surface area contributed by atoms with Gasteiger partial charge >= 0.3 is 0 Å². The maximum absolute atomic E-state index is 11.3. The van der Waals surface area contributed by atoms with Crippen molar-refractivity contribution in [3.05, 3.63) is 35.4 Å². The Kier molecular flexibility index (Phi) is 4.24. The van der Waals surface area contributed by atoms with Crippen molar-refractivity contribution in [1.29, 1.82) is 5.26 Å². The van der Waals surface area contributed by atoms with Gasteiger partial charge < -0.3 is 5.73 Å². The molecule has 0 radical (unpaired) electrons. The van der Waals surface area contributed by atoms with Crippen molar-refractivity contribution in [3.63, 3.8) is 0 Å². The third-order valence-electron chi connectivity index (χ3n) is 3.02. The molecule has 1 amide bonds. The molecule has 0 bridgehead atoms. The topological polar surface area (TPSA) is 78.9 Å². The molecule has 1 atom stereocenters. The second-order valence-electron chi connectivity index (χ2n) is 4.21. The molecule has 1 aromatic rings. The highest BCUT2D eigenvalue weighted by Gasteiger charge is 2.27. The van der Waals surface area contributed by atoms with Crippen LogP contribution in [0.4, 0.5) is 0 Å². The van der Waals surface area contributed by atoms with Crippen molar-refractivity contribution in [1.82, 2.24) is 5.32 Å². The molecule has 0 aliphatic rings. The van der Waals surface area contributed by atoms with Crippen LogP contribution in [0.3, 0.4) is 0 Å². The van der Waals surface area contributed by atoms with Crippen LogP contribution >= 0.6 is 0 Å². The average Bonchev–Trinajstić information content (AvgIpc) is 2.36. The Morgan fingerprint density at radius 2 is 2.06 bits per heavy atom. The molecule has 0 aliphatic carbocycles. The fourth-order valence-electron chi connectivity index (χ4n) is 1.38. The highest BCUT2D eigenvalue weighted by atomic mass is 16.1. The number of hydrogen-bond acceptors (Lipinski definition) is 3. The van der Waals surface area contributed by atoms with E-state index < -0.39 is 5.54 Å². The number of carbonyl (C=O) groups is 1. The molecule has 0 heterocycles. The van der Waals surface area contributed by atoms with Gasteiger partial charge in [-0.1, -0.05) is 19.1 Å². The van der Waals surface area contributed by atoms with E-state index in [-0.39, 0.29) is 5.91 Å². The summed E-state index contributed by atoms with van der Waals surface area (Å²) in [6.07, 6.45) is 0.638. The molecule has 4 heteroatoms. The average molecular weight is 231 g/mol. The van der Waals surface area contributed by atoms with Gasteiger partial charge in [0.05, 0.1) is 17.2 Å². The summed E-state index contributed by atoms with van der Waals surface area (Å²) >= 11 is 0. The normalized spacial score (nSPS) is 13.7. The van der Waals surface area contributed by atoms with E-state index in [2.05, 4.69) is 11.4 Å². The first-order valence-corrected chi connectivity index (χ1v) is 5.56. The minimum Gasteiger partial charge on any atom is -0.368 e. The molecule has 0 fully saturated rings. The van der Waals surface area contributed by atoms with Gasteiger partial charge in [0.1, 0.15) is 0 Å². The van der Waals surface area contributed by atoms with Gasteiger partial charge in [0.2, 0.25) is 5.91 Å². The number of nitriles is 1. The Morgan fingerprint density at radius 1 is 1.47 bits per heavy atom. The zero-order valence-corrected chi connectivity index (χ0v) is 10.2. The summed E-state index contributed by atoms with van der Waals surface area (Å²) in [5.74, 6) is -0.353. The Balaban J connectivity index is 2.67. The number of benzene rings is 1. The second kappa shape index (κ2) is 5.46. The predicted octanol–water partition coefficient (Wildman–Crippen LogP) is 1.30. The van der Waals surface area contributed by atoms with Crippen molar-refractivity contribution in [2.24, 2.45) is 5.73 Å². The summed E-state index contributed by atoms with van der Waals surface area (Å²) in [7, 11) is 0. The molecule has 0 saturated heterocycles. The predicted molar refractivity (Wildman–Crippen MR) is 65.9 cm³/mol. The van der Waals surface area contributed by atoms with Gasteiger partial charge in [0.15, 0.2) is 0 Å². The van der Waals surface area contributed by atoms with E-state index in [9.17, 15) is 4.79 Å². The molecule has 1 unspecified atom stereocenters. The SMILES string of the molecule is CCC(C)(NCc1ccc(C#N)cc1)C(N)=O. The van der Waals surface area contributed by atoms with Crippen molar-refractivity contribution in [2.75, 3.05) is 0 Å². The minimum atomic E-state index is -0.687. The van der Waals surface area contributed by atoms with Crippen LogP contribution in [0.25, 0.3) is 0 Å². The van der Waals surface area contributed by atoms with Gasteiger partial charge in [-0.2, -0.15) is 5.26 Å². The largest absolute Gasteiger partial charge is 0.368 e. The lowest BCUT2D eigenvalue weighted by Crippen LogP contribution is -2.52. The third-order valence-corrected chi connectivity index (χ3v) is 3.02. The molecule has 0 aromatic heterocycles. The number of nitrogens with two attached hydrogens (primary N) is 1. The molecule has 0 saturated carbocycles. The zero-order chi connectivity index (χ0) is 12.9. The molecular formula is C13H17N3O. The molecule has 1 aromatic carbocycles. The number of nitrogens with zero attached hydrogens (tertiary/aromatic N) is 1. The van der Waals surface area contributed by atoms with Gasteiger partial charge in [-0.05, 0) is 31.0 Å². The number of nitrogens with one attached hydrogen (secondary N) is 1. The first kappa shape index (κ1) is 13.2. The fourth-order valence-corrected chi connectivity index (χ4v) is 1.38. The van der Waals surface area contributed by atoms with Crippen LogP contribution in [-0.2, 0) is 11.3 Å². The Hall–Kier alpha value is -1.86. The summed E-state index contributed by atoms with van der Waals surface area (Å²) in [6.45, 7) is 4.26. The lowest BCUT2D eigenvalue weighted by molar-refractivity contribution is -0.124. The lowest BCUT2D eigenvalue weighted by atomic mass is 9.97. The molecule has 1 rings (SSSR count). The highest BCUT2D eigenvalue weighted by molar-refractivity contribution is 5.84. The van der Waals surface area contributed by atoms with Crippen LogP contribution < -0.4 is 11.1 Å². The molecule has 3 N–H and O–H groups in total. The molecule has 0 spiro atoms. The van der Waals surface area contributed by atoms with E-state index in [1.807, 2.05) is 19.1 Å². The van der Waals surface area contributed by atoms with E-state index in [1.54, 1.807) is 19.1 Å². The van der Waals surface area contributed by atoms with Gasteiger partial charge in [-0.15, -0.1) is 0 Å². The molecular weight excluding hydrogens is 214 g/mol. The summed E-state index contributed by atoms with van der Waals surface area (Å²) in [6, 6.07) is 9.30. The van der Waals surface area contributed by atoms with Crippen LogP contribution in [0.2, 0.25) is 0 Å². The quantitative estimate of drug-likeness (QED) is 0.801. The third kappa shape index (κ3) is 3.30. The van der Waals surface area contributed by atoms with Crippen LogP contribution in [-0.4, -0.2) is 11.4 Å². The van der Waals surface area contributed by atoms with E-state index in [0.717, 1.165) is 5.56 Å². The maximum Gasteiger partial charge on any atom is 0.237 e. The van der Waals surface area contributed by atoms with Gasteiger partial charge in [0, 0.05) is 6.54 Å². The van der Waals surface area contributed by atoms with E-state index in [1.165, 1.54) is 0 Å². The van der Waals surface area contributed by atoms with Gasteiger partial charge in [-0.3, -0.25) is 10.1 Å². The monoisotopic (exact) mass is 231 g/mol. The van der Waals surface area contributed by atoms with Crippen LogP contribution in [0.15, 0.2) is 24.3 Å². The summed E-state index contributed by atoms with van der Waals surface area (Å²) in [4.78, 5) is 11.3. The zero-order valence-electron chi connectivity index (χ0n) is 10.2. The van der Waals surface area contributed by atoms with E-state index in [4.69, 9.17) is 11.0 Å². The number of rotatable bonds is 5. The van der Waals surface area contributed by atoms with E-state index >= 15 is 0 Å². The molecule has 0 aliphatic heterocycles. The Labute approximate surface area is 101 Å². The molecule has 90 valence electrons. The second-order valence-corrected chi connectivity index (χ2v) is 4.21. The number of amides is 1. The van der Waals surface area contributed by atoms with Crippen molar-refractivity contribution in [3.8, 4) is 6.07 Å². The fraction of sp³-hybridized carbons (Fsp3) is 0.385. The standard InChI is InChI=1S/C13H17N3O/c1-3-13(2,12(15)17)16-9-11-6-4-10(8-14)5-7-11/h4-7,16H,3,9H2,1-2H3,(H2,15,17). The lowest BCUT2D eigenvalue weighted by Gasteiger charge is -2.26. The van der Waals surface area contributed by atoms with Crippen LogP contribution in [0.5, 0.6) is 0 Å². The Bertz CT molecular complexity index is 433. The Morgan fingerprint density at radius 3 is 2.47 bits per heavy atom. The van der Waals surface area contributed by atoms with Crippen molar-refractivity contribution < 1.29 is 4.79 Å². The van der Waals surface area contributed by atoms with Crippen molar-refractivity contribution in [2.45, 2.75) is 32.4 Å². The van der Waals surface area contributed by atoms with Crippen LogP contribution in [0.1, 0.15) is 31.4 Å².